The van der Waals surface area contributed by atoms with Gasteiger partial charge in [-0.05, 0) is 5.56 Å². The summed E-state index contributed by atoms with van der Waals surface area (Å²) in [6, 6.07) is 7.96. The Morgan fingerprint density at radius 3 is 2.33 bits per heavy atom. The standard InChI is InChI=1S/C13H17NO7/c15-7-12(18)10(8-4-2-1-3-5-8)13(19,11(12)17)9(16)6-14(20)21/h1-5,9-11,15-19H,6-7H2/t9-,10?,11-,12-,13+/m1/s1. The summed E-state index contributed by atoms with van der Waals surface area (Å²) in [6.07, 6.45) is -3.80. The fourth-order valence-corrected chi connectivity index (χ4v) is 3.06. The summed E-state index contributed by atoms with van der Waals surface area (Å²) in [5.74, 6) is -1.25. The highest BCUT2D eigenvalue weighted by atomic mass is 16.6. The van der Waals surface area contributed by atoms with Crippen molar-refractivity contribution in [2.75, 3.05) is 13.2 Å². The summed E-state index contributed by atoms with van der Waals surface area (Å²) in [7, 11) is 0. The number of rotatable bonds is 5. The first-order chi connectivity index (χ1) is 9.78. The van der Waals surface area contributed by atoms with E-state index in [1.165, 1.54) is 12.1 Å². The molecule has 8 heteroatoms. The number of hydrogen-bond acceptors (Lipinski definition) is 7. The number of benzene rings is 1. The molecule has 0 bridgehead atoms. The lowest BCUT2D eigenvalue weighted by Gasteiger charge is -2.61. The monoisotopic (exact) mass is 299 g/mol. The molecule has 8 nitrogen and oxygen atoms in total. The van der Waals surface area contributed by atoms with E-state index in [-0.39, 0.29) is 0 Å². The van der Waals surface area contributed by atoms with Gasteiger partial charge in [-0.25, -0.2) is 0 Å². The molecule has 2 rings (SSSR count). The van der Waals surface area contributed by atoms with Gasteiger partial charge in [-0.2, -0.15) is 0 Å². The number of aliphatic hydroxyl groups is 5. The maximum absolute atomic E-state index is 10.5. The molecule has 116 valence electrons. The third-order valence-corrected chi connectivity index (χ3v) is 4.12. The normalized spacial score (nSPS) is 36.8. The van der Waals surface area contributed by atoms with Crippen molar-refractivity contribution in [1.82, 2.24) is 0 Å². The largest absolute Gasteiger partial charge is 0.393 e. The van der Waals surface area contributed by atoms with Gasteiger partial charge in [0.05, 0.1) is 12.5 Å². The molecule has 0 radical (unpaired) electrons. The zero-order chi connectivity index (χ0) is 15.8. The van der Waals surface area contributed by atoms with Crippen molar-refractivity contribution in [2.45, 2.75) is 29.3 Å². The molecule has 0 spiro atoms. The molecular weight excluding hydrogens is 282 g/mol. The molecule has 0 aromatic heterocycles. The van der Waals surface area contributed by atoms with Gasteiger partial charge < -0.3 is 25.5 Å². The highest BCUT2D eigenvalue weighted by molar-refractivity contribution is 5.38. The van der Waals surface area contributed by atoms with E-state index in [2.05, 4.69) is 0 Å². The average molecular weight is 299 g/mol. The Kier molecular flexibility index (Phi) is 4.00. The van der Waals surface area contributed by atoms with E-state index in [1.54, 1.807) is 18.2 Å². The van der Waals surface area contributed by atoms with Crippen molar-refractivity contribution in [3.05, 3.63) is 46.0 Å². The Labute approximate surface area is 120 Å². The van der Waals surface area contributed by atoms with Gasteiger partial charge in [0.25, 0.3) is 0 Å². The van der Waals surface area contributed by atoms with Crippen LogP contribution < -0.4 is 0 Å². The molecule has 1 unspecified atom stereocenters. The molecule has 0 amide bonds. The molecular formula is C13H17NO7. The quantitative estimate of drug-likeness (QED) is 0.320. The first-order valence-corrected chi connectivity index (χ1v) is 6.37. The Balaban J connectivity index is 2.42. The fourth-order valence-electron chi connectivity index (χ4n) is 3.06. The highest BCUT2D eigenvalue weighted by Crippen LogP contribution is 2.55. The van der Waals surface area contributed by atoms with Crippen LogP contribution in [0.1, 0.15) is 11.5 Å². The van der Waals surface area contributed by atoms with Crippen LogP contribution in [0.2, 0.25) is 0 Å². The molecule has 5 N–H and O–H groups in total. The smallest absolute Gasteiger partial charge is 0.232 e. The second-order valence-corrected chi connectivity index (χ2v) is 5.31. The van der Waals surface area contributed by atoms with E-state index in [0.717, 1.165) is 0 Å². The Hall–Kier alpha value is -1.58. The highest BCUT2D eigenvalue weighted by Gasteiger charge is 2.73. The Morgan fingerprint density at radius 2 is 1.86 bits per heavy atom. The summed E-state index contributed by atoms with van der Waals surface area (Å²) in [5, 5.41) is 60.4. The van der Waals surface area contributed by atoms with Gasteiger partial charge >= 0.3 is 0 Å². The van der Waals surface area contributed by atoms with Crippen molar-refractivity contribution < 1.29 is 30.5 Å². The summed E-state index contributed by atoms with van der Waals surface area (Å²) in [6.45, 7) is -1.85. The van der Waals surface area contributed by atoms with Crippen LogP contribution in [-0.2, 0) is 0 Å². The minimum absolute atomic E-state index is 0.351. The van der Waals surface area contributed by atoms with Crippen LogP contribution in [0.15, 0.2) is 30.3 Å². The first kappa shape index (κ1) is 15.8. The lowest BCUT2D eigenvalue weighted by molar-refractivity contribution is -0.502. The van der Waals surface area contributed by atoms with E-state index < -0.39 is 47.4 Å². The third kappa shape index (κ3) is 2.21. The predicted octanol–water partition coefficient (Wildman–Crippen LogP) is -1.76. The number of nitrogens with zero attached hydrogens (tertiary/aromatic N) is 1. The number of nitro groups is 1. The van der Waals surface area contributed by atoms with Crippen molar-refractivity contribution in [2.24, 2.45) is 0 Å². The van der Waals surface area contributed by atoms with Gasteiger partial charge in [0.15, 0.2) is 6.10 Å². The molecule has 1 fully saturated rings. The zero-order valence-electron chi connectivity index (χ0n) is 11.0. The lowest BCUT2D eigenvalue weighted by atomic mass is 9.51. The molecule has 0 aliphatic heterocycles. The van der Waals surface area contributed by atoms with Crippen LogP contribution in [-0.4, -0.2) is 67.0 Å². The maximum atomic E-state index is 10.5. The van der Waals surface area contributed by atoms with Gasteiger partial charge in [0.2, 0.25) is 6.54 Å². The van der Waals surface area contributed by atoms with Crippen LogP contribution in [0.4, 0.5) is 0 Å². The third-order valence-electron chi connectivity index (χ3n) is 4.12. The van der Waals surface area contributed by atoms with Gasteiger partial charge in [-0.15, -0.1) is 0 Å². The molecule has 1 aliphatic carbocycles. The maximum Gasteiger partial charge on any atom is 0.232 e. The summed E-state index contributed by atoms with van der Waals surface area (Å²) in [5.41, 5.74) is -4.04. The Bertz CT molecular complexity index is 525. The zero-order valence-corrected chi connectivity index (χ0v) is 11.0. The molecule has 5 atom stereocenters. The summed E-state index contributed by atoms with van der Waals surface area (Å²) < 4.78 is 0. The molecule has 1 saturated carbocycles. The van der Waals surface area contributed by atoms with E-state index >= 15 is 0 Å². The topological polar surface area (TPSA) is 144 Å². The van der Waals surface area contributed by atoms with Gasteiger partial charge in [-0.1, -0.05) is 30.3 Å². The minimum atomic E-state index is -2.31. The van der Waals surface area contributed by atoms with Crippen molar-refractivity contribution in [3.63, 3.8) is 0 Å². The second kappa shape index (κ2) is 5.32. The number of hydrogen-bond donors (Lipinski definition) is 5. The van der Waals surface area contributed by atoms with E-state index in [4.69, 9.17) is 0 Å². The van der Waals surface area contributed by atoms with E-state index in [1.807, 2.05) is 0 Å². The summed E-state index contributed by atoms with van der Waals surface area (Å²) in [4.78, 5) is 9.69. The van der Waals surface area contributed by atoms with Crippen molar-refractivity contribution in [1.29, 1.82) is 0 Å². The van der Waals surface area contributed by atoms with Crippen LogP contribution in [0, 0.1) is 10.1 Å². The van der Waals surface area contributed by atoms with Crippen LogP contribution in [0.25, 0.3) is 0 Å². The second-order valence-electron chi connectivity index (χ2n) is 5.31. The molecule has 21 heavy (non-hydrogen) atoms. The van der Waals surface area contributed by atoms with Crippen molar-refractivity contribution in [3.8, 4) is 0 Å². The van der Waals surface area contributed by atoms with Crippen LogP contribution >= 0.6 is 0 Å². The molecule has 0 saturated heterocycles. The van der Waals surface area contributed by atoms with Gasteiger partial charge in [0.1, 0.15) is 17.3 Å². The first-order valence-electron chi connectivity index (χ1n) is 6.37. The summed E-state index contributed by atoms with van der Waals surface area (Å²) >= 11 is 0. The van der Waals surface area contributed by atoms with E-state index in [0.29, 0.717) is 5.56 Å². The van der Waals surface area contributed by atoms with Gasteiger partial charge in [0, 0.05) is 4.92 Å². The van der Waals surface area contributed by atoms with E-state index in [9.17, 15) is 35.6 Å². The predicted molar refractivity (Wildman–Crippen MR) is 70.0 cm³/mol. The van der Waals surface area contributed by atoms with Gasteiger partial charge in [-0.3, -0.25) is 10.1 Å². The average Bonchev–Trinajstić information content (AvgIpc) is 2.46. The molecule has 1 aromatic rings. The van der Waals surface area contributed by atoms with Crippen LogP contribution in [0.5, 0.6) is 0 Å². The van der Waals surface area contributed by atoms with Crippen molar-refractivity contribution >= 4 is 0 Å². The van der Waals surface area contributed by atoms with Crippen LogP contribution in [0.3, 0.4) is 0 Å². The fraction of sp³-hybridized carbons (Fsp3) is 0.538. The molecule has 0 heterocycles. The molecule has 1 aliphatic rings. The Morgan fingerprint density at radius 1 is 1.29 bits per heavy atom. The minimum Gasteiger partial charge on any atom is -0.393 e. The number of aliphatic hydroxyl groups excluding tert-OH is 3. The molecule has 1 aromatic carbocycles. The SMILES string of the molecule is O=[N+]([O-])C[C@@H](O)[C@]1(O)C(c2ccccc2)[C@](O)(CO)[C@H]1O. The lowest BCUT2D eigenvalue weighted by Crippen LogP contribution is -2.81.